The summed E-state index contributed by atoms with van der Waals surface area (Å²) in [6, 6.07) is 3.72. The molecule has 0 saturated heterocycles. The molecule has 4 N–H and O–H groups in total. The van der Waals surface area contributed by atoms with Crippen LogP contribution in [0.4, 0.5) is 19.0 Å². The molecule has 0 atom stereocenters. The van der Waals surface area contributed by atoms with Crippen molar-refractivity contribution in [2.45, 2.75) is 51.1 Å². The fraction of sp³-hybridized carbons (Fsp3) is 0.500. The van der Waals surface area contributed by atoms with E-state index in [1.54, 1.807) is 6.20 Å². The van der Waals surface area contributed by atoms with Crippen LogP contribution < -0.4 is 11.1 Å². The van der Waals surface area contributed by atoms with Crippen molar-refractivity contribution < 1.29 is 27.6 Å². The highest BCUT2D eigenvalue weighted by Crippen LogP contribution is 2.33. The maximum absolute atomic E-state index is 12.3. The summed E-state index contributed by atoms with van der Waals surface area (Å²) in [5, 5.41) is 3.76. The number of carbonyl (C=O) groups is 3. The van der Waals surface area contributed by atoms with Crippen molar-refractivity contribution in [1.29, 1.82) is 0 Å². The number of H-pyrrole nitrogens is 1. The van der Waals surface area contributed by atoms with Crippen LogP contribution in [0.25, 0.3) is 16.6 Å². The predicted octanol–water partition coefficient (Wildman–Crippen LogP) is 3.75. The number of rotatable bonds is 6. The minimum atomic E-state index is -4.33. The van der Waals surface area contributed by atoms with Gasteiger partial charge < -0.3 is 20.9 Å². The zero-order valence-corrected chi connectivity index (χ0v) is 19.2. The molecule has 2 aromatic heterocycles. The normalized spacial score (nSPS) is 17.9. The van der Waals surface area contributed by atoms with E-state index in [0.29, 0.717) is 24.4 Å². The number of amides is 3. The smallest absolute Gasteiger partial charge is 0.369 e. The van der Waals surface area contributed by atoms with Gasteiger partial charge >= 0.3 is 6.18 Å². The third-order valence-electron chi connectivity index (χ3n) is 6.24. The molecule has 5 rings (SSSR count). The second kappa shape index (κ2) is 10.1. The highest BCUT2D eigenvalue weighted by Gasteiger charge is 2.31. The van der Waals surface area contributed by atoms with Crippen LogP contribution in [0.3, 0.4) is 0 Å². The lowest BCUT2D eigenvalue weighted by atomic mass is 9.97. The number of carbonyl (C=O) groups excluding carboxylic acids is 3. The Morgan fingerprint density at radius 1 is 1.17 bits per heavy atom. The Bertz CT molecular complexity index is 1150. The maximum atomic E-state index is 12.3. The molecule has 188 valence electrons. The Morgan fingerprint density at radius 3 is 2.43 bits per heavy atom. The molecule has 1 aliphatic heterocycles. The molecule has 3 heterocycles. The molecule has 0 bridgehead atoms. The Balaban J connectivity index is 0.000000421. The lowest BCUT2D eigenvalue weighted by molar-refractivity contribution is -0.148. The van der Waals surface area contributed by atoms with Crippen LogP contribution in [0.15, 0.2) is 24.4 Å². The van der Waals surface area contributed by atoms with Gasteiger partial charge in [-0.05, 0) is 55.4 Å². The molecule has 2 saturated carbocycles. The summed E-state index contributed by atoms with van der Waals surface area (Å²) >= 11 is 0. The Morgan fingerprint density at radius 2 is 1.89 bits per heavy atom. The summed E-state index contributed by atoms with van der Waals surface area (Å²) in [5.74, 6) is 0.117. The maximum Gasteiger partial charge on any atom is 0.389 e. The number of pyridine rings is 1. The van der Waals surface area contributed by atoms with Crippen LogP contribution in [0, 0.1) is 11.8 Å². The van der Waals surface area contributed by atoms with Crippen molar-refractivity contribution in [1.82, 2.24) is 14.9 Å². The van der Waals surface area contributed by atoms with E-state index < -0.39 is 24.9 Å². The first-order chi connectivity index (χ1) is 16.6. The highest BCUT2D eigenvalue weighted by molar-refractivity contribution is 5.97. The lowest BCUT2D eigenvalue weighted by Gasteiger charge is -2.27. The van der Waals surface area contributed by atoms with Crippen LogP contribution in [0.5, 0.6) is 0 Å². The van der Waals surface area contributed by atoms with Crippen molar-refractivity contribution in [3.8, 4) is 0 Å². The summed E-state index contributed by atoms with van der Waals surface area (Å²) in [6.07, 6.45) is 2.04. The molecule has 0 radical (unpaired) electrons. The lowest BCUT2D eigenvalue weighted by Crippen LogP contribution is -2.35. The number of fused-ring (bicyclic) bond motifs is 1. The van der Waals surface area contributed by atoms with E-state index in [4.69, 9.17) is 5.73 Å². The van der Waals surface area contributed by atoms with Crippen LogP contribution >= 0.6 is 0 Å². The van der Waals surface area contributed by atoms with Crippen molar-refractivity contribution in [3.63, 3.8) is 0 Å². The summed E-state index contributed by atoms with van der Waals surface area (Å²) in [4.78, 5) is 43.1. The first-order valence-electron chi connectivity index (χ1n) is 11.7. The number of alkyl halides is 3. The van der Waals surface area contributed by atoms with Crippen molar-refractivity contribution in [2.24, 2.45) is 17.6 Å². The third kappa shape index (κ3) is 6.83. The largest absolute Gasteiger partial charge is 0.389 e. The Kier molecular flexibility index (Phi) is 7.13. The topological polar surface area (TPSA) is 121 Å². The average molecular weight is 492 g/mol. The number of primary amides is 1. The predicted molar refractivity (Wildman–Crippen MR) is 124 cm³/mol. The first-order valence-corrected chi connectivity index (χ1v) is 11.7. The summed E-state index contributed by atoms with van der Waals surface area (Å²) in [6.45, 7) is 0.630. The molecule has 0 aromatic carbocycles. The number of hydrogen-bond donors (Lipinski definition) is 3. The minimum Gasteiger partial charge on any atom is -0.369 e. The van der Waals surface area contributed by atoms with E-state index in [-0.39, 0.29) is 30.2 Å². The van der Waals surface area contributed by atoms with E-state index >= 15 is 0 Å². The molecule has 2 aromatic rings. The van der Waals surface area contributed by atoms with Gasteiger partial charge in [0.2, 0.25) is 17.7 Å². The fourth-order valence-electron chi connectivity index (χ4n) is 3.86. The Labute approximate surface area is 200 Å². The van der Waals surface area contributed by atoms with Crippen molar-refractivity contribution in [3.05, 3.63) is 30.0 Å². The summed E-state index contributed by atoms with van der Waals surface area (Å²) < 4.78 is 37.0. The van der Waals surface area contributed by atoms with Crippen LogP contribution in [-0.2, 0) is 14.4 Å². The number of nitrogens with one attached hydrogen (secondary N) is 2. The van der Waals surface area contributed by atoms with E-state index in [1.807, 2.05) is 18.2 Å². The van der Waals surface area contributed by atoms with Gasteiger partial charge in [-0.15, -0.1) is 0 Å². The molecular formula is C24H28F3N5O3. The van der Waals surface area contributed by atoms with Gasteiger partial charge in [-0.25, -0.2) is 4.98 Å². The molecule has 0 spiro atoms. The van der Waals surface area contributed by atoms with E-state index in [1.165, 1.54) is 4.90 Å². The molecule has 3 aliphatic rings. The molecule has 35 heavy (non-hydrogen) atoms. The molecule has 0 unspecified atom stereocenters. The van der Waals surface area contributed by atoms with Gasteiger partial charge in [0.05, 0.1) is 6.42 Å². The van der Waals surface area contributed by atoms with Gasteiger partial charge in [0.25, 0.3) is 0 Å². The SMILES string of the molecule is NC(=O)C1CC1.O=C(Nc1cc(C2=CCN(C(=O)CCC(F)(F)F)CC2)c2cc[nH]c2n1)C1CC1. The summed E-state index contributed by atoms with van der Waals surface area (Å²) in [7, 11) is 0. The number of aromatic amines is 1. The number of hydrogen-bond acceptors (Lipinski definition) is 4. The highest BCUT2D eigenvalue weighted by atomic mass is 19.4. The first kappa shape index (κ1) is 24.7. The van der Waals surface area contributed by atoms with Crippen molar-refractivity contribution in [2.75, 3.05) is 18.4 Å². The zero-order valence-electron chi connectivity index (χ0n) is 19.2. The number of anilines is 1. The zero-order chi connectivity index (χ0) is 25.2. The van der Waals surface area contributed by atoms with Gasteiger partial charge in [0.1, 0.15) is 11.5 Å². The van der Waals surface area contributed by atoms with Gasteiger partial charge in [-0.2, -0.15) is 13.2 Å². The number of nitrogens with two attached hydrogens (primary N) is 1. The van der Waals surface area contributed by atoms with E-state index in [0.717, 1.165) is 42.2 Å². The molecule has 8 nitrogen and oxygen atoms in total. The quantitative estimate of drug-likeness (QED) is 0.570. The minimum absolute atomic E-state index is 0.0339. The third-order valence-corrected chi connectivity index (χ3v) is 6.24. The summed E-state index contributed by atoms with van der Waals surface area (Å²) in [5.41, 5.74) is 7.40. The molecule has 11 heteroatoms. The van der Waals surface area contributed by atoms with Gasteiger partial charge in [-0.1, -0.05) is 6.08 Å². The number of aromatic nitrogens is 2. The molecule has 2 fully saturated rings. The van der Waals surface area contributed by atoms with Gasteiger partial charge in [0.15, 0.2) is 0 Å². The van der Waals surface area contributed by atoms with Crippen LogP contribution in [0.2, 0.25) is 0 Å². The standard InChI is InChI=1S/C20H21F3N4O2.C4H7NO/c21-20(22,23)7-3-17(28)27-9-5-12(6-10-27)15-11-16(26-19(29)13-1-2-13)25-18-14(15)4-8-24-18;5-4(6)3-1-2-3/h4-5,8,11,13H,1-3,6-7,9-10H2,(H2,24,25,26,29);3H,1-2H2,(H2,5,6). The van der Waals surface area contributed by atoms with Crippen LogP contribution in [-0.4, -0.2) is 51.9 Å². The molecular weight excluding hydrogens is 463 g/mol. The van der Waals surface area contributed by atoms with Crippen molar-refractivity contribution >= 4 is 40.1 Å². The van der Waals surface area contributed by atoms with Gasteiger partial charge in [0, 0.05) is 42.9 Å². The average Bonchev–Trinajstić information content (AvgIpc) is 3.73. The monoisotopic (exact) mass is 491 g/mol. The fourth-order valence-corrected chi connectivity index (χ4v) is 3.86. The Hall–Kier alpha value is -3.37. The van der Waals surface area contributed by atoms with Crippen LogP contribution in [0.1, 0.15) is 50.5 Å². The van der Waals surface area contributed by atoms with E-state index in [9.17, 15) is 27.6 Å². The van der Waals surface area contributed by atoms with E-state index in [2.05, 4.69) is 15.3 Å². The second-order valence-corrected chi connectivity index (χ2v) is 9.17. The number of halogens is 3. The van der Waals surface area contributed by atoms with Gasteiger partial charge in [-0.3, -0.25) is 14.4 Å². The second-order valence-electron chi connectivity index (χ2n) is 9.17. The molecule has 3 amide bonds. The molecule has 2 aliphatic carbocycles. The number of nitrogens with zero attached hydrogens (tertiary/aromatic N) is 2.